The zero-order valence-electron chi connectivity index (χ0n) is 10.8. The number of aliphatic hydroxyl groups is 2. The Morgan fingerprint density at radius 2 is 1.26 bits per heavy atom. The summed E-state index contributed by atoms with van der Waals surface area (Å²) in [6.45, 7) is 3.54. The van der Waals surface area contributed by atoms with Gasteiger partial charge in [0.25, 0.3) is 0 Å². The Labute approximate surface area is 120 Å². The van der Waals surface area contributed by atoms with Crippen molar-refractivity contribution in [2.45, 2.75) is 25.0 Å². The number of fused-ring (bicyclic) bond motifs is 2. The third-order valence-corrected chi connectivity index (χ3v) is 4.50. The maximum absolute atomic E-state index is 10.9. The fourth-order valence-corrected chi connectivity index (χ4v) is 3.33. The molecule has 2 aromatic carbocycles. The molecule has 0 spiro atoms. The van der Waals surface area contributed by atoms with Crippen molar-refractivity contribution < 1.29 is 10.2 Å². The molecular weight excluding hydrogens is 304 g/mol. The quantitative estimate of drug-likeness (QED) is 0.782. The summed E-state index contributed by atoms with van der Waals surface area (Å²) in [5, 5.41) is 21.8. The van der Waals surface area contributed by atoms with Crippen LogP contribution in [0.4, 0.5) is 0 Å². The highest BCUT2D eigenvalue weighted by Gasteiger charge is 2.44. The van der Waals surface area contributed by atoms with Crippen molar-refractivity contribution >= 4 is 15.9 Å². The summed E-state index contributed by atoms with van der Waals surface area (Å²) in [7, 11) is 0. The lowest BCUT2D eigenvalue weighted by Gasteiger charge is -2.41. The van der Waals surface area contributed by atoms with Crippen LogP contribution >= 0.6 is 15.9 Å². The van der Waals surface area contributed by atoms with Gasteiger partial charge in [-0.3, -0.25) is 0 Å². The lowest BCUT2D eigenvalue weighted by molar-refractivity contribution is 0.0508. The highest BCUT2D eigenvalue weighted by atomic mass is 79.9. The van der Waals surface area contributed by atoms with Crippen molar-refractivity contribution in [3.05, 3.63) is 69.2 Å². The predicted octanol–water partition coefficient (Wildman–Crippen LogP) is 3.27. The molecule has 3 heteroatoms. The van der Waals surface area contributed by atoms with Crippen molar-refractivity contribution in [2.75, 3.05) is 0 Å². The van der Waals surface area contributed by atoms with E-state index in [1.165, 1.54) is 0 Å². The highest BCUT2D eigenvalue weighted by molar-refractivity contribution is 9.10. The smallest absolute Gasteiger partial charge is 0.113 e. The second-order valence-corrected chi connectivity index (χ2v) is 6.30. The van der Waals surface area contributed by atoms with Crippen LogP contribution in [0, 0.1) is 0 Å². The first-order valence-electron chi connectivity index (χ1n) is 6.20. The molecule has 0 fully saturated rings. The van der Waals surface area contributed by atoms with Crippen molar-refractivity contribution in [1.29, 1.82) is 0 Å². The summed E-state index contributed by atoms with van der Waals surface area (Å²) >= 11 is 3.43. The Morgan fingerprint density at radius 3 is 1.84 bits per heavy atom. The molecule has 1 aliphatic carbocycles. The maximum Gasteiger partial charge on any atom is 0.113 e. The van der Waals surface area contributed by atoms with E-state index in [2.05, 4.69) is 15.9 Å². The SMILES string of the molecule is CC1(O)c2ccccc2C(C)(O)c2cc(Br)ccc21. The molecule has 0 heterocycles. The van der Waals surface area contributed by atoms with E-state index in [1.54, 1.807) is 13.8 Å². The Morgan fingerprint density at radius 1 is 0.789 bits per heavy atom. The Balaban J connectivity index is 2.40. The van der Waals surface area contributed by atoms with Crippen LogP contribution in [0.3, 0.4) is 0 Å². The minimum Gasteiger partial charge on any atom is -0.381 e. The average Bonchev–Trinajstić information content (AvgIpc) is 2.37. The first kappa shape index (κ1) is 12.9. The van der Waals surface area contributed by atoms with Crippen LogP contribution in [-0.2, 0) is 11.2 Å². The molecule has 98 valence electrons. The summed E-state index contributed by atoms with van der Waals surface area (Å²) in [6, 6.07) is 13.1. The van der Waals surface area contributed by atoms with E-state index >= 15 is 0 Å². The number of hydrogen-bond donors (Lipinski definition) is 2. The minimum atomic E-state index is -1.10. The summed E-state index contributed by atoms with van der Waals surface area (Å²) in [6.07, 6.45) is 0. The topological polar surface area (TPSA) is 40.5 Å². The molecule has 19 heavy (non-hydrogen) atoms. The van der Waals surface area contributed by atoms with Crippen molar-refractivity contribution in [2.24, 2.45) is 0 Å². The number of rotatable bonds is 0. The number of benzene rings is 2. The lowest BCUT2D eigenvalue weighted by Crippen LogP contribution is -2.39. The molecule has 0 aromatic heterocycles. The van der Waals surface area contributed by atoms with Gasteiger partial charge in [-0.05, 0) is 48.2 Å². The van der Waals surface area contributed by atoms with Gasteiger partial charge in [-0.25, -0.2) is 0 Å². The fraction of sp³-hybridized carbons (Fsp3) is 0.250. The van der Waals surface area contributed by atoms with Gasteiger partial charge in [0.1, 0.15) is 11.2 Å². The summed E-state index contributed by atoms with van der Waals surface area (Å²) in [5.41, 5.74) is 0.817. The molecule has 0 saturated carbocycles. The standard InChI is InChI=1S/C16H15BrO2/c1-15(18)11-5-3-4-6-12(11)16(2,19)14-9-10(17)7-8-13(14)15/h3-9,18-19H,1-2H3. The zero-order chi connectivity index (χ0) is 13.8. The van der Waals surface area contributed by atoms with E-state index in [4.69, 9.17) is 0 Å². The molecule has 0 saturated heterocycles. The van der Waals surface area contributed by atoms with E-state index in [-0.39, 0.29) is 0 Å². The Hall–Kier alpha value is -1.16. The molecule has 2 atom stereocenters. The summed E-state index contributed by atoms with van der Waals surface area (Å²) < 4.78 is 0.890. The molecule has 3 rings (SSSR count). The Kier molecular flexibility index (Phi) is 2.65. The first-order chi connectivity index (χ1) is 8.85. The van der Waals surface area contributed by atoms with Crippen LogP contribution in [0.1, 0.15) is 36.1 Å². The van der Waals surface area contributed by atoms with Gasteiger partial charge in [-0.1, -0.05) is 46.3 Å². The van der Waals surface area contributed by atoms with Crippen LogP contribution in [0.15, 0.2) is 46.9 Å². The molecule has 2 nitrogen and oxygen atoms in total. The van der Waals surface area contributed by atoms with Gasteiger partial charge >= 0.3 is 0 Å². The molecule has 1 aliphatic rings. The van der Waals surface area contributed by atoms with Crippen molar-refractivity contribution in [3.8, 4) is 0 Å². The van der Waals surface area contributed by atoms with Gasteiger partial charge in [0.15, 0.2) is 0 Å². The molecule has 2 N–H and O–H groups in total. The van der Waals surface area contributed by atoms with Crippen molar-refractivity contribution in [3.63, 3.8) is 0 Å². The molecule has 2 unspecified atom stereocenters. The number of halogens is 1. The van der Waals surface area contributed by atoms with E-state index in [1.807, 2.05) is 42.5 Å². The van der Waals surface area contributed by atoms with Gasteiger partial charge in [0, 0.05) is 4.47 Å². The maximum atomic E-state index is 10.9. The minimum absolute atomic E-state index is 0.741. The molecular formula is C16H15BrO2. The van der Waals surface area contributed by atoms with E-state index in [0.29, 0.717) is 0 Å². The molecule has 2 aromatic rings. The van der Waals surface area contributed by atoms with Crippen LogP contribution in [0.5, 0.6) is 0 Å². The third-order valence-electron chi connectivity index (χ3n) is 4.01. The van der Waals surface area contributed by atoms with E-state index < -0.39 is 11.2 Å². The van der Waals surface area contributed by atoms with Crippen LogP contribution in [0.25, 0.3) is 0 Å². The molecule has 0 aliphatic heterocycles. The zero-order valence-corrected chi connectivity index (χ0v) is 12.4. The van der Waals surface area contributed by atoms with E-state index in [9.17, 15) is 10.2 Å². The van der Waals surface area contributed by atoms with E-state index in [0.717, 1.165) is 26.7 Å². The fourth-order valence-electron chi connectivity index (χ4n) is 2.97. The highest BCUT2D eigenvalue weighted by Crippen LogP contribution is 2.47. The van der Waals surface area contributed by atoms with Gasteiger partial charge in [0.2, 0.25) is 0 Å². The third kappa shape index (κ3) is 1.69. The van der Waals surface area contributed by atoms with Crippen LogP contribution < -0.4 is 0 Å². The predicted molar refractivity (Wildman–Crippen MR) is 77.9 cm³/mol. The lowest BCUT2D eigenvalue weighted by atomic mass is 9.69. The van der Waals surface area contributed by atoms with Gasteiger partial charge in [0.05, 0.1) is 0 Å². The van der Waals surface area contributed by atoms with Gasteiger partial charge in [-0.2, -0.15) is 0 Å². The second kappa shape index (κ2) is 3.92. The summed E-state index contributed by atoms with van der Waals surface area (Å²) in [4.78, 5) is 0. The van der Waals surface area contributed by atoms with Crippen LogP contribution in [0.2, 0.25) is 0 Å². The number of hydrogen-bond acceptors (Lipinski definition) is 2. The second-order valence-electron chi connectivity index (χ2n) is 5.38. The van der Waals surface area contributed by atoms with Gasteiger partial charge < -0.3 is 10.2 Å². The largest absolute Gasteiger partial charge is 0.381 e. The summed E-state index contributed by atoms with van der Waals surface area (Å²) in [5.74, 6) is 0. The van der Waals surface area contributed by atoms with Crippen LogP contribution in [-0.4, -0.2) is 10.2 Å². The first-order valence-corrected chi connectivity index (χ1v) is 6.99. The molecule has 0 bridgehead atoms. The molecule has 0 amide bonds. The normalized spacial score (nSPS) is 28.7. The monoisotopic (exact) mass is 318 g/mol. The average molecular weight is 319 g/mol. The van der Waals surface area contributed by atoms with Crippen molar-refractivity contribution in [1.82, 2.24) is 0 Å². The van der Waals surface area contributed by atoms with Gasteiger partial charge in [-0.15, -0.1) is 0 Å². The Bertz CT molecular complexity index is 660. The molecule has 0 radical (unpaired) electrons.